The zero-order valence-electron chi connectivity index (χ0n) is 13.0. The summed E-state index contributed by atoms with van der Waals surface area (Å²) in [6, 6.07) is 12.4. The van der Waals surface area contributed by atoms with Crippen molar-refractivity contribution >= 4 is 32.5 Å². The molecule has 1 heterocycles. The van der Waals surface area contributed by atoms with Crippen LogP contribution in [0.15, 0.2) is 53.6 Å². The lowest BCUT2D eigenvalue weighted by Crippen LogP contribution is -2.26. The van der Waals surface area contributed by atoms with Crippen LogP contribution in [0.5, 0.6) is 5.75 Å². The summed E-state index contributed by atoms with van der Waals surface area (Å²) < 4.78 is 32.7. The van der Waals surface area contributed by atoms with Crippen LogP contribution in [0.3, 0.4) is 0 Å². The maximum atomic E-state index is 12.5. The molecule has 0 fully saturated rings. The van der Waals surface area contributed by atoms with Crippen molar-refractivity contribution < 1.29 is 13.2 Å². The van der Waals surface area contributed by atoms with E-state index >= 15 is 0 Å². The van der Waals surface area contributed by atoms with E-state index in [4.69, 9.17) is 16.3 Å². The Bertz CT molecular complexity index is 967. The van der Waals surface area contributed by atoms with Gasteiger partial charge in [-0.1, -0.05) is 29.8 Å². The summed E-state index contributed by atoms with van der Waals surface area (Å²) >= 11 is 5.91. The molecular weight excluding hydrogens is 348 g/mol. The highest BCUT2D eigenvalue weighted by molar-refractivity contribution is 7.89. The molecule has 3 rings (SSSR count). The molecule has 5 nitrogen and oxygen atoms in total. The Morgan fingerprint density at radius 1 is 1.21 bits per heavy atom. The SMILES string of the molecule is COc1ccc(Cl)cc1S(=O)(=O)NCCc1c[nH]c2ccccc12. The fraction of sp³-hybridized carbons (Fsp3) is 0.176. The van der Waals surface area contributed by atoms with E-state index < -0.39 is 10.0 Å². The molecule has 0 aliphatic carbocycles. The van der Waals surface area contributed by atoms with Crippen LogP contribution in [0.1, 0.15) is 5.56 Å². The second-order valence-corrected chi connectivity index (χ2v) is 7.47. The largest absolute Gasteiger partial charge is 0.495 e. The maximum Gasteiger partial charge on any atom is 0.244 e. The standard InChI is InChI=1S/C17H17ClN2O3S/c1-23-16-7-6-13(18)10-17(16)24(21,22)20-9-8-12-11-19-15-5-3-2-4-14(12)15/h2-7,10-11,19-20H,8-9H2,1H3. The van der Waals surface area contributed by atoms with Gasteiger partial charge < -0.3 is 9.72 Å². The first-order valence-corrected chi connectivity index (χ1v) is 9.25. The zero-order chi connectivity index (χ0) is 17.2. The third-order valence-electron chi connectivity index (χ3n) is 3.78. The number of hydrogen-bond donors (Lipinski definition) is 2. The summed E-state index contributed by atoms with van der Waals surface area (Å²) in [7, 11) is -2.28. The average Bonchev–Trinajstić information content (AvgIpc) is 2.98. The number of fused-ring (bicyclic) bond motifs is 1. The molecule has 0 aliphatic rings. The van der Waals surface area contributed by atoms with E-state index in [0.29, 0.717) is 11.4 Å². The molecule has 24 heavy (non-hydrogen) atoms. The van der Waals surface area contributed by atoms with Gasteiger partial charge in [-0.25, -0.2) is 13.1 Å². The van der Waals surface area contributed by atoms with Crippen molar-refractivity contribution in [3.63, 3.8) is 0 Å². The Hall–Kier alpha value is -2.02. The average molecular weight is 365 g/mol. The number of sulfonamides is 1. The normalized spacial score (nSPS) is 11.8. The zero-order valence-corrected chi connectivity index (χ0v) is 14.6. The lowest BCUT2D eigenvalue weighted by molar-refractivity contribution is 0.402. The predicted octanol–water partition coefficient (Wildman–Crippen LogP) is 3.35. The minimum atomic E-state index is -3.70. The van der Waals surface area contributed by atoms with E-state index in [1.54, 1.807) is 6.07 Å². The third kappa shape index (κ3) is 3.40. The van der Waals surface area contributed by atoms with Crippen LogP contribution in [-0.2, 0) is 16.4 Å². The number of para-hydroxylation sites is 1. The Morgan fingerprint density at radius 3 is 2.79 bits per heavy atom. The summed E-state index contributed by atoms with van der Waals surface area (Å²) in [5.74, 6) is 0.263. The second-order valence-electron chi connectivity index (χ2n) is 5.30. The number of rotatable bonds is 6. The van der Waals surface area contributed by atoms with E-state index in [2.05, 4.69) is 9.71 Å². The summed E-state index contributed by atoms with van der Waals surface area (Å²) in [4.78, 5) is 3.22. The van der Waals surface area contributed by atoms with Crippen molar-refractivity contribution in [3.05, 3.63) is 59.2 Å². The highest BCUT2D eigenvalue weighted by Crippen LogP contribution is 2.27. The van der Waals surface area contributed by atoms with Gasteiger partial charge in [-0.2, -0.15) is 0 Å². The highest BCUT2D eigenvalue weighted by atomic mass is 35.5. The molecule has 1 aromatic heterocycles. The van der Waals surface area contributed by atoms with E-state index in [9.17, 15) is 8.42 Å². The van der Waals surface area contributed by atoms with Gasteiger partial charge in [0.1, 0.15) is 10.6 Å². The number of H-pyrrole nitrogens is 1. The number of methoxy groups -OCH3 is 1. The van der Waals surface area contributed by atoms with Crippen molar-refractivity contribution in [1.82, 2.24) is 9.71 Å². The number of halogens is 1. The topological polar surface area (TPSA) is 71.2 Å². The molecule has 0 aliphatic heterocycles. The van der Waals surface area contributed by atoms with Crippen LogP contribution >= 0.6 is 11.6 Å². The smallest absolute Gasteiger partial charge is 0.244 e. The number of aromatic amines is 1. The van der Waals surface area contributed by atoms with Crippen LogP contribution in [0.25, 0.3) is 10.9 Å². The van der Waals surface area contributed by atoms with Crippen molar-refractivity contribution in [1.29, 1.82) is 0 Å². The molecule has 0 spiro atoms. The van der Waals surface area contributed by atoms with Gasteiger partial charge >= 0.3 is 0 Å². The molecule has 0 atom stereocenters. The summed E-state index contributed by atoms with van der Waals surface area (Å²) in [5.41, 5.74) is 2.10. The van der Waals surface area contributed by atoms with E-state index in [0.717, 1.165) is 16.5 Å². The minimum absolute atomic E-state index is 0.0384. The molecule has 126 valence electrons. The van der Waals surface area contributed by atoms with Gasteiger partial charge in [-0.3, -0.25) is 0 Å². The van der Waals surface area contributed by atoms with Crippen molar-refractivity contribution in [2.24, 2.45) is 0 Å². The Labute approximate surface area is 145 Å². The molecule has 2 N–H and O–H groups in total. The van der Waals surface area contributed by atoms with Gasteiger partial charge in [0.25, 0.3) is 0 Å². The van der Waals surface area contributed by atoms with Crippen molar-refractivity contribution in [2.45, 2.75) is 11.3 Å². The molecule has 0 saturated heterocycles. The monoisotopic (exact) mass is 364 g/mol. The molecule has 0 amide bonds. The van der Waals surface area contributed by atoms with Gasteiger partial charge in [0, 0.05) is 28.7 Å². The molecule has 0 radical (unpaired) electrons. The molecule has 0 saturated carbocycles. The van der Waals surface area contributed by atoms with Crippen LogP contribution in [-0.4, -0.2) is 27.1 Å². The first kappa shape index (κ1) is 16.8. The lowest BCUT2D eigenvalue weighted by atomic mass is 10.1. The predicted molar refractivity (Wildman–Crippen MR) is 95.2 cm³/mol. The number of ether oxygens (including phenoxy) is 1. The molecule has 0 bridgehead atoms. The van der Waals surface area contributed by atoms with E-state index in [-0.39, 0.29) is 17.2 Å². The Balaban J connectivity index is 1.75. The van der Waals surface area contributed by atoms with Crippen LogP contribution in [0.4, 0.5) is 0 Å². The summed E-state index contributed by atoms with van der Waals surface area (Å²) in [6.45, 7) is 0.278. The van der Waals surface area contributed by atoms with E-state index in [1.807, 2.05) is 30.5 Å². The molecule has 7 heteroatoms. The number of benzene rings is 2. The lowest BCUT2D eigenvalue weighted by Gasteiger charge is -2.11. The van der Waals surface area contributed by atoms with Gasteiger partial charge in [0.05, 0.1) is 7.11 Å². The molecule has 2 aromatic carbocycles. The fourth-order valence-electron chi connectivity index (χ4n) is 2.60. The quantitative estimate of drug-likeness (QED) is 0.704. The van der Waals surface area contributed by atoms with Gasteiger partial charge in [0.2, 0.25) is 10.0 Å². The van der Waals surface area contributed by atoms with Gasteiger partial charge in [0.15, 0.2) is 0 Å². The minimum Gasteiger partial charge on any atom is -0.495 e. The first-order valence-electron chi connectivity index (χ1n) is 7.39. The first-order chi connectivity index (χ1) is 11.5. The van der Waals surface area contributed by atoms with Crippen LogP contribution in [0, 0.1) is 0 Å². The van der Waals surface area contributed by atoms with Crippen LogP contribution < -0.4 is 9.46 Å². The summed E-state index contributed by atoms with van der Waals surface area (Å²) in [6.07, 6.45) is 2.48. The van der Waals surface area contributed by atoms with Crippen LogP contribution in [0.2, 0.25) is 5.02 Å². The van der Waals surface area contributed by atoms with E-state index in [1.165, 1.54) is 19.2 Å². The number of hydrogen-bond acceptors (Lipinski definition) is 3. The highest BCUT2D eigenvalue weighted by Gasteiger charge is 2.19. The fourth-order valence-corrected chi connectivity index (χ4v) is 4.06. The molecular formula is C17H17ClN2O3S. The summed E-state index contributed by atoms with van der Waals surface area (Å²) in [5, 5.41) is 1.44. The number of nitrogens with one attached hydrogen (secondary N) is 2. The second kappa shape index (κ2) is 6.84. The maximum absolute atomic E-state index is 12.5. The number of aromatic nitrogens is 1. The van der Waals surface area contributed by atoms with Crippen molar-refractivity contribution in [3.8, 4) is 5.75 Å². The van der Waals surface area contributed by atoms with Crippen molar-refractivity contribution in [2.75, 3.05) is 13.7 Å². The third-order valence-corrected chi connectivity index (χ3v) is 5.49. The molecule has 3 aromatic rings. The Kier molecular flexibility index (Phi) is 4.80. The Morgan fingerprint density at radius 2 is 2.00 bits per heavy atom. The molecule has 0 unspecified atom stereocenters. The van der Waals surface area contributed by atoms with Gasteiger partial charge in [-0.05, 0) is 36.2 Å². The van der Waals surface area contributed by atoms with Gasteiger partial charge in [-0.15, -0.1) is 0 Å².